The summed E-state index contributed by atoms with van der Waals surface area (Å²) >= 11 is 2.75. The van der Waals surface area contributed by atoms with Crippen LogP contribution in [0.3, 0.4) is 0 Å². The summed E-state index contributed by atoms with van der Waals surface area (Å²) in [5.41, 5.74) is -0.934. The van der Waals surface area contributed by atoms with Gasteiger partial charge >= 0.3 is 6.18 Å². The summed E-state index contributed by atoms with van der Waals surface area (Å²) in [5.74, 6) is -0.548. The average Bonchev–Trinajstić information content (AvgIpc) is 2.06. The highest BCUT2D eigenvalue weighted by molar-refractivity contribution is 9.10. The molecular formula is C8H6BrF3O2. The molecular weight excluding hydrogens is 265 g/mol. The van der Waals surface area contributed by atoms with E-state index in [0.29, 0.717) is 6.07 Å². The van der Waals surface area contributed by atoms with Crippen LogP contribution in [0.25, 0.3) is 0 Å². The third kappa shape index (κ3) is 2.12. The molecule has 0 saturated carbocycles. The second-order valence-electron chi connectivity index (χ2n) is 2.50. The Hall–Kier alpha value is -0.910. The van der Waals surface area contributed by atoms with Crippen LogP contribution < -0.4 is 4.74 Å². The molecule has 1 N–H and O–H groups in total. The van der Waals surface area contributed by atoms with Crippen molar-refractivity contribution in [2.45, 2.75) is 6.18 Å². The van der Waals surface area contributed by atoms with Gasteiger partial charge in [0, 0.05) is 4.47 Å². The number of hydrogen-bond acceptors (Lipinski definition) is 2. The average molecular weight is 271 g/mol. The number of rotatable bonds is 1. The summed E-state index contributed by atoms with van der Waals surface area (Å²) in [4.78, 5) is 0. The zero-order valence-corrected chi connectivity index (χ0v) is 8.61. The minimum absolute atomic E-state index is 0.00937. The Morgan fingerprint density at radius 2 is 1.93 bits per heavy atom. The minimum atomic E-state index is -4.50. The number of phenolic OH excluding ortho intramolecular Hbond substituents is 1. The fourth-order valence-electron chi connectivity index (χ4n) is 0.924. The summed E-state index contributed by atoms with van der Waals surface area (Å²) in [7, 11) is 1.26. The monoisotopic (exact) mass is 270 g/mol. The first-order valence-corrected chi connectivity index (χ1v) is 4.29. The van der Waals surface area contributed by atoms with Crippen LogP contribution in [0, 0.1) is 0 Å². The van der Waals surface area contributed by atoms with Crippen molar-refractivity contribution in [2.24, 2.45) is 0 Å². The van der Waals surface area contributed by atoms with Gasteiger partial charge in [-0.05, 0) is 12.1 Å². The molecule has 78 valence electrons. The summed E-state index contributed by atoms with van der Waals surface area (Å²) < 4.78 is 41.3. The minimum Gasteiger partial charge on any atom is -0.504 e. The molecule has 0 aliphatic carbocycles. The van der Waals surface area contributed by atoms with Gasteiger partial charge < -0.3 is 9.84 Å². The lowest BCUT2D eigenvalue weighted by Gasteiger charge is -2.11. The standard InChI is InChI=1S/C8H6BrF3O2/c1-14-7-3-5(9)4(2-6(7)13)8(10,11)12/h2-3,13H,1H3. The number of aromatic hydroxyl groups is 1. The molecule has 0 atom stereocenters. The van der Waals surface area contributed by atoms with Crippen molar-refractivity contribution in [3.63, 3.8) is 0 Å². The number of hydrogen-bond donors (Lipinski definition) is 1. The summed E-state index contributed by atoms with van der Waals surface area (Å²) in [5, 5.41) is 9.13. The molecule has 1 rings (SSSR count). The van der Waals surface area contributed by atoms with Crippen LogP contribution >= 0.6 is 15.9 Å². The first-order valence-electron chi connectivity index (χ1n) is 3.50. The van der Waals surface area contributed by atoms with Crippen LogP contribution in [-0.4, -0.2) is 12.2 Å². The summed E-state index contributed by atoms with van der Waals surface area (Å²) in [6.07, 6.45) is -4.50. The molecule has 0 aliphatic rings. The van der Waals surface area contributed by atoms with E-state index in [1.165, 1.54) is 7.11 Å². The van der Waals surface area contributed by atoms with Crippen LogP contribution in [-0.2, 0) is 6.18 Å². The van der Waals surface area contributed by atoms with Crippen molar-refractivity contribution < 1.29 is 23.0 Å². The van der Waals surface area contributed by atoms with E-state index >= 15 is 0 Å². The zero-order valence-electron chi connectivity index (χ0n) is 7.02. The predicted molar refractivity (Wildman–Crippen MR) is 47.4 cm³/mol. The van der Waals surface area contributed by atoms with Crippen molar-refractivity contribution in [1.29, 1.82) is 0 Å². The van der Waals surface area contributed by atoms with Crippen LogP contribution in [0.4, 0.5) is 13.2 Å². The number of halogens is 4. The van der Waals surface area contributed by atoms with Gasteiger partial charge in [-0.25, -0.2) is 0 Å². The van der Waals surface area contributed by atoms with Gasteiger partial charge in [-0.3, -0.25) is 0 Å². The quantitative estimate of drug-likeness (QED) is 0.850. The maximum absolute atomic E-state index is 12.3. The van der Waals surface area contributed by atoms with Crippen LogP contribution in [0.15, 0.2) is 16.6 Å². The van der Waals surface area contributed by atoms with E-state index in [-0.39, 0.29) is 10.2 Å². The van der Waals surface area contributed by atoms with Crippen molar-refractivity contribution in [2.75, 3.05) is 7.11 Å². The maximum atomic E-state index is 12.3. The van der Waals surface area contributed by atoms with E-state index < -0.39 is 17.5 Å². The van der Waals surface area contributed by atoms with Crippen LogP contribution in [0.5, 0.6) is 11.5 Å². The smallest absolute Gasteiger partial charge is 0.417 e. The van der Waals surface area contributed by atoms with Gasteiger partial charge in [-0.1, -0.05) is 15.9 Å². The van der Waals surface area contributed by atoms with Crippen molar-refractivity contribution >= 4 is 15.9 Å². The van der Waals surface area contributed by atoms with E-state index in [1.807, 2.05) is 0 Å². The Morgan fingerprint density at radius 1 is 1.36 bits per heavy atom. The molecule has 0 unspecified atom stereocenters. The lowest BCUT2D eigenvalue weighted by atomic mass is 10.2. The zero-order chi connectivity index (χ0) is 10.9. The van der Waals surface area contributed by atoms with E-state index in [0.717, 1.165) is 6.07 Å². The molecule has 1 aromatic rings. The second-order valence-corrected chi connectivity index (χ2v) is 3.36. The van der Waals surface area contributed by atoms with Gasteiger partial charge in [0.15, 0.2) is 11.5 Å². The number of alkyl halides is 3. The Bertz CT molecular complexity index is 349. The maximum Gasteiger partial charge on any atom is 0.417 e. The highest BCUT2D eigenvalue weighted by atomic mass is 79.9. The molecule has 0 spiro atoms. The van der Waals surface area contributed by atoms with Gasteiger partial charge in [-0.2, -0.15) is 13.2 Å². The fourth-order valence-corrected chi connectivity index (χ4v) is 1.47. The number of methoxy groups -OCH3 is 1. The molecule has 2 nitrogen and oxygen atoms in total. The predicted octanol–water partition coefficient (Wildman–Crippen LogP) is 3.18. The number of ether oxygens (including phenoxy) is 1. The SMILES string of the molecule is COc1cc(Br)c(C(F)(F)F)cc1O. The first-order chi connectivity index (χ1) is 6.36. The number of benzene rings is 1. The van der Waals surface area contributed by atoms with E-state index in [1.54, 1.807) is 0 Å². The molecule has 0 radical (unpaired) electrons. The molecule has 0 amide bonds. The summed E-state index contributed by atoms with van der Waals surface area (Å²) in [6, 6.07) is 1.68. The Balaban J connectivity index is 3.29. The molecule has 0 aliphatic heterocycles. The Morgan fingerprint density at radius 3 is 2.36 bits per heavy atom. The van der Waals surface area contributed by atoms with Crippen LogP contribution in [0.2, 0.25) is 0 Å². The van der Waals surface area contributed by atoms with E-state index in [2.05, 4.69) is 20.7 Å². The van der Waals surface area contributed by atoms with Gasteiger partial charge in [-0.15, -0.1) is 0 Å². The van der Waals surface area contributed by atoms with Crippen molar-refractivity contribution in [3.05, 3.63) is 22.2 Å². The molecule has 0 fully saturated rings. The molecule has 0 bridgehead atoms. The molecule has 14 heavy (non-hydrogen) atoms. The lowest BCUT2D eigenvalue weighted by molar-refractivity contribution is -0.138. The van der Waals surface area contributed by atoms with E-state index in [9.17, 15) is 13.2 Å². The van der Waals surface area contributed by atoms with Crippen molar-refractivity contribution in [3.8, 4) is 11.5 Å². The van der Waals surface area contributed by atoms with Gasteiger partial charge in [0.25, 0.3) is 0 Å². The molecule has 6 heteroatoms. The van der Waals surface area contributed by atoms with E-state index in [4.69, 9.17) is 5.11 Å². The normalized spacial score (nSPS) is 11.5. The fraction of sp³-hybridized carbons (Fsp3) is 0.250. The highest BCUT2D eigenvalue weighted by Gasteiger charge is 2.34. The summed E-state index contributed by atoms with van der Waals surface area (Å²) in [6.45, 7) is 0. The molecule has 0 aromatic heterocycles. The van der Waals surface area contributed by atoms with Crippen molar-refractivity contribution in [1.82, 2.24) is 0 Å². The number of phenols is 1. The highest BCUT2D eigenvalue weighted by Crippen LogP contribution is 2.40. The van der Waals surface area contributed by atoms with Gasteiger partial charge in [0.05, 0.1) is 12.7 Å². The Kier molecular flexibility index (Phi) is 2.94. The lowest BCUT2D eigenvalue weighted by Crippen LogP contribution is -2.06. The third-order valence-electron chi connectivity index (χ3n) is 1.57. The van der Waals surface area contributed by atoms with Crippen LogP contribution in [0.1, 0.15) is 5.56 Å². The van der Waals surface area contributed by atoms with Gasteiger partial charge in [0.1, 0.15) is 0 Å². The third-order valence-corrected chi connectivity index (χ3v) is 2.23. The Labute approximate surface area is 86.4 Å². The second kappa shape index (κ2) is 3.68. The molecule has 0 heterocycles. The molecule has 1 aromatic carbocycles. The first kappa shape index (κ1) is 11.2. The van der Waals surface area contributed by atoms with Gasteiger partial charge in [0.2, 0.25) is 0 Å². The molecule has 0 saturated heterocycles. The largest absolute Gasteiger partial charge is 0.504 e. The topological polar surface area (TPSA) is 29.5 Å².